The summed E-state index contributed by atoms with van der Waals surface area (Å²) >= 11 is 1.93. The largest absolute Gasteiger partial charge is 0.304 e. The van der Waals surface area contributed by atoms with Crippen LogP contribution >= 0.6 is 36.6 Å². The smallest absolute Gasteiger partial charge is 0.0160 e. The van der Waals surface area contributed by atoms with Crippen LogP contribution in [-0.2, 0) is 0 Å². The molecule has 2 heterocycles. The number of rotatable bonds is 4. The van der Waals surface area contributed by atoms with Crippen LogP contribution in [0.1, 0.15) is 29.9 Å². The van der Waals surface area contributed by atoms with Crippen LogP contribution in [0.4, 0.5) is 0 Å². The summed E-state index contributed by atoms with van der Waals surface area (Å²) in [6.07, 6.45) is 2.53. The van der Waals surface area contributed by atoms with Gasteiger partial charge in [-0.15, -0.1) is 24.8 Å². The quantitative estimate of drug-likeness (QED) is 0.687. The maximum Gasteiger partial charge on any atom is 0.0160 e. The Labute approximate surface area is 174 Å². The molecule has 1 saturated heterocycles. The second-order valence-electron chi connectivity index (χ2n) is 7.02. The number of likely N-dealkylation sites (N-methyl/N-ethyl adjacent to an activating group) is 1. The Morgan fingerprint density at radius 3 is 1.96 bits per heavy atom. The van der Waals surface area contributed by atoms with Gasteiger partial charge in [-0.3, -0.25) is 0 Å². The van der Waals surface area contributed by atoms with E-state index >= 15 is 0 Å². The third-order valence-corrected chi connectivity index (χ3v) is 6.56. The van der Waals surface area contributed by atoms with E-state index in [1.54, 1.807) is 0 Å². The van der Waals surface area contributed by atoms with Crippen molar-refractivity contribution in [2.45, 2.75) is 28.6 Å². The molecule has 2 aromatic rings. The summed E-state index contributed by atoms with van der Waals surface area (Å²) in [6, 6.07) is 18.0. The first kappa shape index (κ1) is 21.6. The van der Waals surface area contributed by atoms with Crippen molar-refractivity contribution >= 4 is 36.6 Å². The Morgan fingerprint density at radius 2 is 1.38 bits per heavy atom. The molecule has 0 amide bonds. The van der Waals surface area contributed by atoms with Crippen LogP contribution in [0.25, 0.3) is 0 Å². The minimum absolute atomic E-state index is 0. The van der Waals surface area contributed by atoms with E-state index in [9.17, 15) is 0 Å². The molecule has 2 aliphatic heterocycles. The first-order valence-corrected chi connectivity index (χ1v) is 9.89. The van der Waals surface area contributed by atoms with E-state index in [0.29, 0.717) is 5.92 Å². The van der Waals surface area contributed by atoms with Crippen LogP contribution in [0.5, 0.6) is 0 Å². The number of nitrogens with zero attached hydrogens (tertiary/aromatic N) is 2. The Balaban J connectivity index is 0.00000121. The van der Waals surface area contributed by atoms with Crippen molar-refractivity contribution in [2.24, 2.45) is 0 Å². The Kier molecular flexibility index (Phi) is 8.31. The molecule has 0 radical (unpaired) electrons. The highest BCUT2D eigenvalue weighted by atomic mass is 35.5. The molecular formula is C21H28Cl2N2S. The Bertz CT molecular complexity index is 656. The SMILES string of the molecule is CN1CCN(CCCC2c3ccccc3Sc3ccccc32)CC1.Cl.Cl. The van der Waals surface area contributed by atoms with E-state index in [2.05, 4.69) is 65.4 Å². The van der Waals surface area contributed by atoms with Gasteiger partial charge in [0.2, 0.25) is 0 Å². The molecule has 0 unspecified atom stereocenters. The van der Waals surface area contributed by atoms with E-state index < -0.39 is 0 Å². The predicted molar refractivity (Wildman–Crippen MR) is 117 cm³/mol. The number of halogens is 2. The summed E-state index contributed by atoms with van der Waals surface area (Å²) < 4.78 is 0. The third kappa shape index (κ3) is 4.76. The van der Waals surface area contributed by atoms with Gasteiger partial charge >= 0.3 is 0 Å². The van der Waals surface area contributed by atoms with E-state index in [-0.39, 0.29) is 24.8 Å². The first-order chi connectivity index (χ1) is 11.8. The van der Waals surface area contributed by atoms with Crippen LogP contribution in [0.15, 0.2) is 58.3 Å². The second kappa shape index (κ2) is 10.0. The molecule has 0 atom stereocenters. The Morgan fingerprint density at radius 1 is 0.846 bits per heavy atom. The Hall–Kier alpha value is -0.710. The molecule has 4 rings (SSSR count). The minimum Gasteiger partial charge on any atom is -0.304 e. The van der Waals surface area contributed by atoms with Crippen molar-refractivity contribution in [2.75, 3.05) is 39.8 Å². The normalized spacial score (nSPS) is 17.6. The number of fused-ring (bicyclic) bond motifs is 2. The van der Waals surface area contributed by atoms with Crippen LogP contribution in [-0.4, -0.2) is 49.6 Å². The lowest BCUT2D eigenvalue weighted by Crippen LogP contribution is -2.44. The lowest BCUT2D eigenvalue weighted by Gasteiger charge is -2.33. The fourth-order valence-electron chi connectivity index (χ4n) is 3.91. The molecule has 142 valence electrons. The highest BCUT2D eigenvalue weighted by molar-refractivity contribution is 7.99. The fraction of sp³-hybridized carbons (Fsp3) is 0.429. The highest BCUT2D eigenvalue weighted by Gasteiger charge is 2.25. The van der Waals surface area contributed by atoms with Gasteiger partial charge in [0.1, 0.15) is 0 Å². The van der Waals surface area contributed by atoms with Gasteiger partial charge in [0.05, 0.1) is 0 Å². The van der Waals surface area contributed by atoms with E-state index in [4.69, 9.17) is 0 Å². The van der Waals surface area contributed by atoms with Crippen molar-refractivity contribution < 1.29 is 0 Å². The molecule has 1 fully saturated rings. The van der Waals surface area contributed by atoms with Crippen molar-refractivity contribution in [3.63, 3.8) is 0 Å². The molecule has 0 N–H and O–H groups in total. The maximum absolute atomic E-state index is 2.63. The molecule has 5 heteroatoms. The molecule has 0 aromatic heterocycles. The van der Waals surface area contributed by atoms with Crippen molar-refractivity contribution in [1.82, 2.24) is 9.80 Å². The van der Waals surface area contributed by atoms with Gasteiger partial charge in [-0.05, 0) is 49.7 Å². The summed E-state index contributed by atoms with van der Waals surface area (Å²) in [7, 11) is 2.23. The molecule has 0 aliphatic carbocycles. The van der Waals surface area contributed by atoms with Gasteiger partial charge in [-0.2, -0.15) is 0 Å². The molecule has 2 aromatic carbocycles. The summed E-state index contributed by atoms with van der Waals surface area (Å²) in [5.74, 6) is 0.561. The minimum atomic E-state index is 0. The molecule has 26 heavy (non-hydrogen) atoms. The van der Waals surface area contributed by atoms with Crippen LogP contribution < -0.4 is 0 Å². The van der Waals surface area contributed by atoms with Crippen molar-refractivity contribution in [3.05, 3.63) is 59.7 Å². The van der Waals surface area contributed by atoms with Crippen molar-refractivity contribution in [3.8, 4) is 0 Å². The first-order valence-electron chi connectivity index (χ1n) is 9.08. The second-order valence-corrected chi connectivity index (χ2v) is 8.10. The highest BCUT2D eigenvalue weighted by Crippen LogP contribution is 2.47. The van der Waals surface area contributed by atoms with E-state index in [0.717, 1.165) is 0 Å². The number of piperazine rings is 1. The van der Waals surface area contributed by atoms with Gasteiger partial charge in [0.25, 0.3) is 0 Å². The number of hydrogen-bond acceptors (Lipinski definition) is 3. The monoisotopic (exact) mass is 410 g/mol. The zero-order chi connectivity index (χ0) is 16.4. The average molecular weight is 411 g/mol. The van der Waals surface area contributed by atoms with E-state index in [1.807, 2.05) is 11.8 Å². The maximum atomic E-state index is 2.63. The average Bonchev–Trinajstić information content (AvgIpc) is 2.63. The van der Waals surface area contributed by atoms with Gasteiger partial charge in [-0.25, -0.2) is 0 Å². The van der Waals surface area contributed by atoms with Crippen LogP contribution in [0, 0.1) is 0 Å². The van der Waals surface area contributed by atoms with Gasteiger partial charge in [-0.1, -0.05) is 48.2 Å². The molecule has 0 bridgehead atoms. The standard InChI is InChI=1S/C21H26N2S.2ClH/c1-22-13-15-23(16-14-22)12-6-9-17-18-7-2-4-10-20(18)24-21-11-5-3-8-19(17)21;;/h2-5,7-8,10-11,17H,6,9,12-16H2,1H3;2*1H. The van der Waals surface area contributed by atoms with Crippen molar-refractivity contribution in [1.29, 1.82) is 0 Å². The zero-order valence-electron chi connectivity index (χ0n) is 15.3. The summed E-state index contributed by atoms with van der Waals surface area (Å²) in [5, 5.41) is 0. The topological polar surface area (TPSA) is 6.48 Å². The predicted octanol–water partition coefficient (Wildman–Crippen LogP) is 5.15. The number of benzene rings is 2. The molecule has 0 saturated carbocycles. The summed E-state index contributed by atoms with van der Waals surface area (Å²) in [5.41, 5.74) is 3.05. The third-order valence-electron chi connectivity index (χ3n) is 5.37. The molecular weight excluding hydrogens is 383 g/mol. The fourth-order valence-corrected chi connectivity index (χ4v) is 5.10. The lowest BCUT2D eigenvalue weighted by atomic mass is 9.87. The lowest BCUT2D eigenvalue weighted by molar-refractivity contribution is 0.151. The summed E-state index contributed by atoms with van der Waals surface area (Å²) in [6.45, 7) is 6.12. The van der Waals surface area contributed by atoms with Gasteiger partial charge in [0.15, 0.2) is 0 Å². The summed E-state index contributed by atoms with van der Waals surface area (Å²) in [4.78, 5) is 7.96. The van der Waals surface area contributed by atoms with Gasteiger partial charge in [0, 0.05) is 41.9 Å². The van der Waals surface area contributed by atoms with Gasteiger partial charge < -0.3 is 9.80 Å². The molecule has 2 nitrogen and oxygen atoms in total. The van der Waals surface area contributed by atoms with Crippen LogP contribution in [0.3, 0.4) is 0 Å². The molecule has 2 aliphatic rings. The van der Waals surface area contributed by atoms with Crippen LogP contribution in [0.2, 0.25) is 0 Å². The number of hydrogen-bond donors (Lipinski definition) is 0. The zero-order valence-corrected chi connectivity index (χ0v) is 17.7. The van der Waals surface area contributed by atoms with E-state index in [1.165, 1.54) is 66.5 Å². The molecule has 0 spiro atoms.